The van der Waals surface area contributed by atoms with E-state index in [0.29, 0.717) is 24.2 Å². The van der Waals surface area contributed by atoms with Crippen molar-refractivity contribution in [1.82, 2.24) is 0 Å². The molecule has 0 aliphatic rings. The van der Waals surface area contributed by atoms with E-state index in [1.54, 1.807) is 18.2 Å². The van der Waals surface area contributed by atoms with E-state index in [9.17, 15) is 23.1 Å². The maximum absolute atomic E-state index is 12.9. The molecule has 35 heavy (non-hydrogen) atoms. The molecule has 3 nitrogen and oxygen atoms in total. The second kappa shape index (κ2) is 10.5. The highest BCUT2D eigenvalue weighted by molar-refractivity contribution is 7.14. The van der Waals surface area contributed by atoms with Crippen LogP contribution in [0.15, 0.2) is 73.8 Å². The van der Waals surface area contributed by atoms with Gasteiger partial charge < -0.3 is 9.84 Å². The van der Waals surface area contributed by atoms with Crippen molar-refractivity contribution in [2.45, 2.75) is 38.3 Å². The summed E-state index contributed by atoms with van der Waals surface area (Å²) in [7, 11) is 0. The summed E-state index contributed by atoms with van der Waals surface area (Å²) in [6, 6.07) is 12.3. The summed E-state index contributed by atoms with van der Waals surface area (Å²) in [5.74, 6) is -0.346. The number of thiophene rings is 1. The second-order valence-corrected chi connectivity index (χ2v) is 9.61. The lowest BCUT2D eigenvalue weighted by Crippen LogP contribution is -2.31. The van der Waals surface area contributed by atoms with Gasteiger partial charge in [0.25, 0.3) is 0 Å². The van der Waals surface area contributed by atoms with Gasteiger partial charge in [0.05, 0.1) is 12.2 Å². The van der Waals surface area contributed by atoms with Gasteiger partial charge in [0, 0.05) is 10.3 Å². The molecule has 1 aromatic heterocycles. The lowest BCUT2D eigenvalue weighted by atomic mass is 9.80. The average Bonchev–Trinajstić information content (AvgIpc) is 3.28. The smallest absolute Gasteiger partial charge is 0.416 e. The van der Waals surface area contributed by atoms with E-state index in [1.807, 2.05) is 32.0 Å². The lowest BCUT2D eigenvalue weighted by molar-refractivity contribution is -0.137. The number of alkyl halides is 3. The van der Waals surface area contributed by atoms with Gasteiger partial charge in [-0.2, -0.15) is 13.2 Å². The monoisotopic (exact) mass is 500 g/mol. The molecule has 0 atom stereocenters. The maximum Gasteiger partial charge on any atom is 0.416 e. The molecular formula is C28H27F3O3S. The molecule has 2 aromatic carbocycles. The summed E-state index contributed by atoms with van der Waals surface area (Å²) in [6.07, 6.45) is 0.340. The van der Waals surface area contributed by atoms with Gasteiger partial charge in [0.1, 0.15) is 10.6 Å². The van der Waals surface area contributed by atoms with Gasteiger partial charge >= 0.3 is 12.1 Å². The van der Waals surface area contributed by atoms with Gasteiger partial charge in [-0.15, -0.1) is 24.5 Å². The number of carboxylic acids is 1. The third-order valence-electron chi connectivity index (χ3n) is 5.93. The van der Waals surface area contributed by atoms with Crippen molar-refractivity contribution in [2.75, 3.05) is 6.61 Å². The average molecular weight is 501 g/mol. The molecule has 0 unspecified atom stereocenters. The molecule has 184 valence electrons. The zero-order valence-electron chi connectivity index (χ0n) is 19.6. The van der Waals surface area contributed by atoms with Gasteiger partial charge in [0.15, 0.2) is 0 Å². The molecule has 0 aliphatic heterocycles. The van der Waals surface area contributed by atoms with Crippen molar-refractivity contribution in [3.05, 3.63) is 100 Å². The summed E-state index contributed by atoms with van der Waals surface area (Å²) < 4.78 is 45.0. The molecular weight excluding hydrogens is 473 g/mol. The number of aryl methyl sites for hydroxylation is 2. The fourth-order valence-electron chi connectivity index (χ4n) is 4.27. The van der Waals surface area contributed by atoms with E-state index in [4.69, 9.17) is 4.74 Å². The van der Waals surface area contributed by atoms with Gasteiger partial charge in [-0.1, -0.05) is 24.3 Å². The summed E-state index contributed by atoms with van der Waals surface area (Å²) in [6.45, 7) is 11.8. The first-order valence-electron chi connectivity index (χ1n) is 11.0. The van der Waals surface area contributed by atoms with Crippen LogP contribution in [-0.4, -0.2) is 17.7 Å². The first kappa shape index (κ1) is 26.3. The number of hydrogen-bond acceptors (Lipinski definition) is 3. The quantitative estimate of drug-likeness (QED) is 0.285. The second-order valence-electron chi connectivity index (χ2n) is 8.53. The number of allylic oxidation sites excluding steroid dienone is 2. The van der Waals surface area contributed by atoms with E-state index < -0.39 is 23.1 Å². The Morgan fingerprint density at radius 3 is 2.03 bits per heavy atom. The van der Waals surface area contributed by atoms with Crippen molar-refractivity contribution in [1.29, 1.82) is 0 Å². The number of carboxylic acid groups (broad SMARTS) is 1. The van der Waals surface area contributed by atoms with Crippen LogP contribution in [0.25, 0.3) is 11.1 Å². The summed E-state index contributed by atoms with van der Waals surface area (Å²) in [5, 5.41) is 9.35. The van der Waals surface area contributed by atoms with Gasteiger partial charge in [-0.05, 0) is 85.3 Å². The van der Waals surface area contributed by atoms with Crippen LogP contribution < -0.4 is 4.74 Å². The minimum Gasteiger partial charge on any atom is -0.493 e. The number of halogens is 3. The van der Waals surface area contributed by atoms with Gasteiger partial charge in [-0.3, -0.25) is 0 Å². The zero-order chi connectivity index (χ0) is 25.8. The lowest BCUT2D eigenvalue weighted by Gasteiger charge is -2.31. The molecule has 3 rings (SSSR count). The Labute approximate surface area is 207 Å². The van der Waals surface area contributed by atoms with Crippen molar-refractivity contribution >= 4 is 17.3 Å². The standard InChI is InChI=1S/C28H27F3O3S/c1-5-13-27(14-6-2,24-12-11-23(35-24)26(32)33)17-34-22-15-18(3)25(19(4)16-22)20-7-9-21(10-8-20)28(29,30)31/h5-12,15-16H,1-2,13-14,17H2,3-4H3,(H,32,33). The molecule has 0 saturated heterocycles. The highest BCUT2D eigenvalue weighted by Gasteiger charge is 2.33. The number of benzene rings is 2. The Bertz CT molecular complexity index is 1190. The van der Waals surface area contributed by atoms with Crippen LogP contribution in [0.3, 0.4) is 0 Å². The topological polar surface area (TPSA) is 46.5 Å². The molecule has 0 radical (unpaired) electrons. The SMILES string of the molecule is C=CCC(CC=C)(COc1cc(C)c(-c2ccc(C(F)(F)F)cc2)c(C)c1)c1ccc(C(=O)O)s1. The van der Waals surface area contributed by atoms with Crippen molar-refractivity contribution in [3.8, 4) is 16.9 Å². The Balaban J connectivity index is 1.90. The van der Waals surface area contributed by atoms with E-state index >= 15 is 0 Å². The van der Waals surface area contributed by atoms with Crippen LogP contribution in [0.1, 0.15) is 44.1 Å². The highest BCUT2D eigenvalue weighted by atomic mass is 32.1. The Morgan fingerprint density at radius 2 is 1.57 bits per heavy atom. The molecule has 0 saturated carbocycles. The molecule has 0 spiro atoms. The van der Waals surface area contributed by atoms with Gasteiger partial charge in [0.2, 0.25) is 0 Å². The van der Waals surface area contributed by atoms with E-state index in [-0.39, 0.29) is 11.5 Å². The normalized spacial score (nSPS) is 11.8. The number of carbonyl (C=O) groups is 1. The first-order valence-corrected chi connectivity index (χ1v) is 11.8. The summed E-state index contributed by atoms with van der Waals surface area (Å²) in [5.41, 5.74) is 2.11. The van der Waals surface area contributed by atoms with Crippen LogP contribution in [0.2, 0.25) is 0 Å². The predicted octanol–water partition coefficient (Wildman–Crippen LogP) is 8.22. The predicted molar refractivity (Wildman–Crippen MR) is 134 cm³/mol. The number of hydrogen-bond donors (Lipinski definition) is 1. The Hall–Kier alpha value is -3.32. The first-order chi connectivity index (χ1) is 16.5. The molecule has 0 bridgehead atoms. The fourth-order valence-corrected chi connectivity index (χ4v) is 5.31. The number of rotatable bonds is 10. The van der Waals surface area contributed by atoms with Crippen LogP contribution in [0, 0.1) is 13.8 Å². The van der Waals surface area contributed by atoms with Crippen LogP contribution in [-0.2, 0) is 11.6 Å². The molecule has 0 aliphatic carbocycles. The maximum atomic E-state index is 12.9. The molecule has 3 aromatic rings. The minimum absolute atomic E-state index is 0.255. The zero-order valence-corrected chi connectivity index (χ0v) is 20.4. The third kappa shape index (κ3) is 5.85. The van der Waals surface area contributed by atoms with Crippen LogP contribution >= 0.6 is 11.3 Å². The van der Waals surface area contributed by atoms with E-state index in [0.717, 1.165) is 33.7 Å². The molecule has 1 N–H and O–H groups in total. The minimum atomic E-state index is -4.38. The van der Waals surface area contributed by atoms with E-state index in [1.165, 1.54) is 23.5 Å². The Kier molecular flexibility index (Phi) is 7.90. The van der Waals surface area contributed by atoms with E-state index in [2.05, 4.69) is 13.2 Å². The molecule has 7 heteroatoms. The summed E-state index contributed by atoms with van der Waals surface area (Å²) >= 11 is 1.22. The molecule has 0 amide bonds. The number of aromatic carboxylic acids is 1. The summed E-state index contributed by atoms with van der Waals surface area (Å²) in [4.78, 5) is 12.5. The molecule has 1 heterocycles. The third-order valence-corrected chi connectivity index (χ3v) is 7.25. The largest absolute Gasteiger partial charge is 0.493 e. The van der Waals surface area contributed by atoms with Crippen LogP contribution in [0.5, 0.6) is 5.75 Å². The highest BCUT2D eigenvalue weighted by Crippen LogP contribution is 2.39. The van der Waals surface area contributed by atoms with Crippen LogP contribution in [0.4, 0.5) is 13.2 Å². The van der Waals surface area contributed by atoms with Crippen molar-refractivity contribution in [3.63, 3.8) is 0 Å². The Morgan fingerprint density at radius 1 is 1.00 bits per heavy atom. The van der Waals surface area contributed by atoms with Crippen molar-refractivity contribution < 1.29 is 27.8 Å². The number of ether oxygens (including phenoxy) is 1. The molecule has 0 fully saturated rings. The van der Waals surface area contributed by atoms with Gasteiger partial charge in [-0.25, -0.2) is 4.79 Å². The fraction of sp³-hybridized carbons (Fsp3) is 0.250. The van der Waals surface area contributed by atoms with Crippen molar-refractivity contribution in [2.24, 2.45) is 0 Å².